The van der Waals surface area contributed by atoms with Gasteiger partial charge in [0.25, 0.3) is 0 Å². The third-order valence-electron chi connectivity index (χ3n) is 11.0. The number of ether oxygens (including phenoxy) is 2. The van der Waals surface area contributed by atoms with Crippen LogP contribution in [0.3, 0.4) is 0 Å². The van der Waals surface area contributed by atoms with Crippen LogP contribution < -0.4 is 10.1 Å². The Hall–Kier alpha value is -3.98. The second-order valence-electron chi connectivity index (χ2n) is 14.5. The summed E-state index contributed by atoms with van der Waals surface area (Å²) >= 11 is 1.12. The number of nitrogens with one attached hydrogen (secondary N) is 1. The van der Waals surface area contributed by atoms with Crippen molar-refractivity contribution in [3.63, 3.8) is 0 Å². The third-order valence-corrected chi connectivity index (χ3v) is 12.2. The minimum absolute atomic E-state index is 0.0679. The van der Waals surface area contributed by atoms with Crippen LogP contribution in [0.2, 0.25) is 0 Å². The van der Waals surface area contributed by atoms with Crippen LogP contribution in [-0.2, 0) is 4.74 Å². The monoisotopic (exact) mass is 681 g/mol. The molecule has 9 nitrogen and oxygen atoms in total. The number of likely N-dealkylation sites (N-methyl/N-ethyl adjacent to an activating group) is 1. The van der Waals surface area contributed by atoms with E-state index in [9.17, 15) is 9.65 Å². The average molecular weight is 682 g/mol. The predicted octanol–water partition coefficient (Wildman–Crippen LogP) is 8.46. The molecule has 2 atom stereocenters. The van der Waals surface area contributed by atoms with Gasteiger partial charge in [-0.3, -0.25) is 9.98 Å². The lowest BCUT2D eigenvalue weighted by Gasteiger charge is -2.47. The Kier molecular flexibility index (Phi) is 9.15. The number of hydrogen-bond donors (Lipinski definition) is 1. The van der Waals surface area contributed by atoms with Crippen LogP contribution >= 0.6 is 11.3 Å². The molecule has 2 saturated carbocycles. The normalized spacial score (nSPS) is 22.1. The Balaban J connectivity index is 1.22. The molecule has 11 heteroatoms. The molecule has 49 heavy (non-hydrogen) atoms. The summed E-state index contributed by atoms with van der Waals surface area (Å²) in [7, 11) is 4.26. The van der Waals surface area contributed by atoms with Crippen molar-refractivity contribution in [3.8, 4) is 23.3 Å². The van der Waals surface area contributed by atoms with Gasteiger partial charge in [0.15, 0.2) is 0 Å². The first-order valence-electron chi connectivity index (χ1n) is 17.3. The first-order valence-corrected chi connectivity index (χ1v) is 18.1. The van der Waals surface area contributed by atoms with Gasteiger partial charge in [-0.25, -0.2) is 4.39 Å². The number of aromatic nitrogens is 3. The second kappa shape index (κ2) is 13.4. The van der Waals surface area contributed by atoms with Gasteiger partial charge >= 0.3 is 6.01 Å². The van der Waals surface area contributed by atoms with E-state index in [0.29, 0.717) is 67.9 Å². The standard InChI is InChI=1S/C38H44FN7O2S/c1-23-20-47-24(2)7-8-25(23)11-14-37(15-16-37)22-48-36-44-31-17-30(26-9-10-29(39)33-32(26)27(18-40)35(41-3)49-33)42-19-28(31)34(45-36)43-21-38(46(4)5)12-6-13-38/h9-11,17,19,23-24H,3,6-8,12-16,20-22H2,1-2,4-5H3,(H,43,44,45)/b25-11-/t23-,24+/m0/s1. The van der Waals surface area contributed by atoms with Gasteiger partial charge in [-0.2, -0.15) is 15.2 Å². The van der Waals surface area contributed by atoms with Gasteiger partial charge in [0, 0.05) is 40.6 Å². The number of nitrogens with zero attached hydrogens (tertiary/aromatic N) is 6. The Morgan fingerprint density at radius 1 is 1.24 bits per heavy atom. The number of allylic oxidation sites excluding steroid dienone is 1. The molecule has 0 radical (unpaired) electrons. The molecule has 0 amide bonds. The lowest BCUT2D eigenvalue weighted by molar-refractivity contribution is 0.0582. The van der Waals surface area contributed by atoms with Gasteiger partial charge in [-0.15, -0.1) is 11.3 Å². The number of nitriles is 1. The summed E-state index contributed by atoms with van der Waals surface area (Å²) in [5.74, 6) is 0.701. The van der Waals surface area contributed by atoms with Crippen molar-refractivity contribution in [1.82, 2.24) is 19.9 Å². The highest BCUT2D eigenvalue weighted by molar-refractivity contribution is 7.23. The summed E-state index contributed by atoms with van der Waals surface area (Å²) in [4.78, 5) is 20.9. The minimum Gasteiger partial charge on any atom is -0.463 e. The topological polar surface area (TPSA) is 109 Å². The van der Waals surface area contributed by atoms with Crippen LogP contribution in [-0.4, -0.2) is 72.1 Å². The summed E-state index contributed by atoms with van der Waals surface area (Å²) in [5.41, 5.74) is 3.80. The minimum atomic E-state index is -0.410. The third kappa shape index (κ3) is 6.54. The van der Waals surface area contributed by atoms with Crippen molar-refractivity contribution < 1.29 is 13.9 Å². The van der Waals surface area contributed by atoms with Gasteiger partial charge in [0.05, 0.1) is 46.2 Å². The van der Waals surface area contributed by atoms with E-state index in [1.807, 2.05) is 6.07 Å². The lowest BCUT2D eigenvalue weighted by atomic mass is 9.75. The molecule has 0 unspecified atom stereocenters. The number of hydrogen-bond acceptors (Lipinski definition) is 10. The van der Waals surface area contributed by atoms with E-state index in [1.54, 1.807) is 12.3 Å². The van der Waals surface area contributed by atoms with Crippen molar-refractivity contribution in [2.24, 2.45) is 16.3 Å². The molecule has 2 aliphatic carbocycles. The SMILES string of the molecule is C=Nc1sc2c(F)ccc(-c3cc4nc(OCC5(C/C=C6/CC[C@@H](C)OC[C@@H]6C)CC5)nc(NCC5(N(C)C)CCC5)c4cn3)c2c1C#N. The quantitative estimate of drug-likeness (QED) is 0.124. The zero-order valence-corrected chi connectivity index (χ0v) is 29.6. The number of halogens is 1. The molecule has 1 aromatic carbocycles. The maximum Gasteiger partial charge on any atom is 0.318 e. The van der Waals surface area contributed by atoms with Crippen LogP contribution in [0.25, 0.3) is 32.2 Å². The van der Waals surface area contributed by atoms with E-state index in [-0.39, 0.29) is 11.0 Å². The van der Waals surface area contributed by atoms with Crippen molar-refractivity contribution in [2.75, 3.05) is 39.2 Å². The smallest absolute Gasteiger partial charge is 0.318 e. The molecule has 7 rings (SSSR count). The highest BCUT2D eigenvalue weighted by Crippen LogP contribution is 2.50. The molecule has 0 spiro atoms. The Morgan fingerprint density at radius 2 is 2.06 bits per heavy atom. The fourth-order valence-electron chi connectivity index (χ4n) is 7.12. The van der Waals surface area contributed by atoms with E-state index in [0.717, 1.165) is 74.8 Å². The zero-order chi connectivity index (χ0) is 34.3. The molecule has 256 valence electrons. The molecule has 3 aromatic heterocycles. The molecule has 1 saturated heterocycles. The molecule has 3 fully saturated rings. The van der Waals surface area contributed by atoms with Crippen LogP contribution in [0.5, 0.6) is 6.01 Å². The summed E-state index contributed by atoms with van der Waals surface area (Å²) in [6, 6.07) is 7.46. The first-order chi connectivity index (χ1) is 23.6. The molecule has 4 heterocycles. The first kappa shape index (κ1) is 33.5. The number of benzene rings is 1. The van der Waals surface area contributed by atoms with E-state index in [2.05, 4.69) is 62.0 Å². The molecule has 0 bridgehead atoms. The van der Waals surface area contributed by atoms with E-state index >= 15 is 0 Å². The summed E-state index contributed by atoms with van der Waals surface area (Å²) in [6.45, 7) is 10.1. The van der Waals surface area contributed by atoms with Crippen LogP contribution in [0.15, 0.2) is 41.0 Å². The van der Waals surface area contributed by atoms with Gasteiger partial charge < -0.3 is 19.7 Å². The van der Waals surface area contributed by atoms with Crippen molar-refractivity contribution in [2.45, 2.75) is 76.9 Å². The highest BCUT2D eigenvalue weighted by atomic mass is 32.1. The van der Waals surface area contributed by atoms with Gasteiger partial charge in [-0.1, -0.05) is 18.6 Å². The Morgan fingerprint density at radius 3 is 2.76 bits per heavy atom. The molecule has 4 aromatic rings. The maximum atomic E-state index is 14.9. The van der Waals surface area contributed by atoms with E-state index in [1.165, 1.54) is 18.1 Å². The number of anilines is 1. The zero-order valence-electron chi connectivity index (χ0n) is 28.8. The number of fused-ring (bicyclic) bond motifs is 2. The fourth-order valence-corrected chi connectivity index (χ4v) is 8.11. The molecule has 1 aliphatic heterocycles. The van der Waals surface area contributed by atoms with Crippen molar-refractivity contribution in [3.05, 3.63) is 47.4 Å². The summed E-state index contributed by atoms with van der Waals surface area (Å²) in [6.07, 6.45) is 13.3. The summed E-state index contributed by atoms with van der Waals surface area (Å²) in [5, 5.41) is 15.2. The molecular formula is C38H44FN7O2S. The summed E-state index contributed by atoms with van der Waals surface area (Å²) < 4.78 is 27.7. The average Bonchev–Trinajstić information content (AvgIpc) is 3.78. The van der Waals surface area contributed by atoms with Gasteiger partial charge in [0.1, 0.15) is 22.7 Å². The van der Waals surface area contributed by atoms with Crippen LogP contribution in [0, 0.1) is 28.5 Å². The number of pyridine rings is 1. The van der Waals surface area contributed by atoms with Gasteiger partial charge in [-0.05, 0) is 97.3 Å². The Labute approximate surface area is 291 Å². The molecule has 3 aliphatic rings. The van der Waals surface area contributed by atoms with Gasteiger partial charge in [0.2, 0.25) is 0 Å². The second-order valence-corrected chi connectivity index (χ2v) is 15.5. The number of aliphatic imine (C=N–C) groups is 1. The number of rotatable bonds is 11. The fraction of sp³-hybridized carbons (Fsp3) is 0.500. The lowest BCUT2D eigenvalue weighted by Crippen LogP contribution is -2.54. The largest absolute Gasteiger partial charge is 0.463 e. The van der Waals surface area contributed by atoms with E-state index < -0.39 is 5.82 Å². The van der Waals surface area contributed by atoms with Crippen LogP contribution in [0.4, 0.5) is 15.2 Å². The number of thiophene rings is 1. The Bertz CT molecular complexity index is 1970. The van der Waals surface area contributed by atoms with Crippen molar-refractivity contribution in [1.29, 1.82) is 5.26 Å². The van der Waals surface area contributed by atoms with E-state index in [4.69, 9.17) is 24.4 Å². The van der Waals surface area contributed by atoms with Crippen LogP contribution in [0.1, 0.15) is 70.8 Å². The molecule has 1 N–H and O–H groups in total. The molecular weight excluding hydrogens is 638 g/mol. The highest BCUT2D eigenvalue weighted by Gasteiger charge is 2.43. The predicted molar refractivity (Wildman–Crippen MR) is 194 cm³/mol. The van der Waals surface area contributed by atoms with Crippen molar-refractivity contribution >= 4 is 49.9 Å². The maximum absolute atomic E-state index is 14.9.